The molecular weight excluding hydrogens is 505 g/mol. The number of ether oxygens (including phenoxy) is 2. The lowest BCUT2D eigenvalue weighted by Crippen LogP contribution is -2.49. The molecule has 2 aliphatic heterocycles. The number of benzene rings is 1. The Labute approximate surface area is 205 Å². The van der Waals surface area contributed by atoms with Crippen molar-refractivity contribution in [3.63, 3.8) is 0 Å². The molecule has 2 N–H and O–H groups in total. The third-order valence-corrected chi connectivity index (χ3v) is 5.79. The highest BCUT2D eigenvalue weighted by Gasteiger charge is 2.19. The molecule has 1 aromatic carbocycles. The molecule has 0 aromatic heterocycles. The van der Waals surface area contributed by atoms with Gasteiger partial charge in [0.15, 0.2) is 5.96 Å². The summed E-state index contributed by atoms with van der Waals surface area (Å²) in [7, 11) is 0. The van der Waals surface area contributed by atoms with E-state index in [-0.39, 0.29) is 30.1 Å². The van der Waals surface area contributed by atoms with Crippen molar-refractivity contribution in [3.8, 4) is 5.75 Å². The number of aliphatic imine (C=N–C) groups is 1. The Morgan fingerprint density at radius 2 is 1.94 bits per heavy atom. The van der Waals surface area contributed by atoms with E-state index in [1.807, 2.05) is 0 Å². The van der Waals surface area contributed by atoms with Gasteiger partial charge in [0.2, 0.25) is 0 Å². The third-order valence-electron chi connectivity index (χ3n) is 5.79. The molecule has 0 saturated carbocycles. The van der Waals surface area contributed by atoms with Crippen LogP contribution in [-0.2, 0) is 11.3 Å². The van der Waals surface area contributed by atoms with Crippen molar-refractivity contribution in [1.82, 2.24) is 20.4 Å². The van der Waals surface area contributed by atoms with Crippen molar-refractivity contribution in [1.29, 1.82) is 0 Å². The third kappa shape index (κ3) is 8.75. The SMILES string of the molecule is CCNC(=NCc1ccc(C)cc1OC1CCOC1)NCCN1CCN(CC)CC1.I. The molecule has 2 saturated heterocycles. The van der Waals surface area contributed by atoms with Crippen LogP contribution < -0.4 is 15.4 Å². The van der Waals surface area contributed by atoms with E-state index in [1.165, 1.54) is 18.7 Å². The molecule has 2 fully saturated rings. The number of nitrogens with zero attached hydrogens (tertiary/aromatic N) is 3. The van der Waals surface area contributed by atoms with Gasteiger partial charge < -0.3 is 25.0 Å². The molecule has 0 radical (unpaired) electrons. The molecule has 2 heterocycles. The molecule has 0 amide bonds. The molecule has 7 nitrogen and oxygen atoms in total. The number of rotatable bonds is 9. The maximum absolute atomic E-state index is 6.21. The number of likely N-dealkylation sites (N-methyl/N-ethyl adjacent to an activating group) is 1. The van der Waals surface area contributed by atoms with E-state index in [9.17, 15) is 0 Å². The van der Waals surface area contributed by atoms with E-state index in [0.717, 1.165) is 69.6 Å². The first-order valence-corrected chi connectivity index (χ1v) is 11.5. The van der Waals surface area contributed by atoms with Gasteiger partial charge in [-0.05, 0) is 32.0 Å². The van der Waals surface area contributed by atoms with Gasteiger partial charge >= 0.3 is 0 Å². The van der Waals surface area contributed by atoms with Gasteiger partial charge in [-0.3, -0.25) is 4.90 Å². The standard InChI is InChI=1S/C23H39N5O2.HI/c1-4-24-23(25-9-10-28-13-11-27(5-2)12-14-28)26-17-20-7-6-19(3)16-22(20)30-21-8-15-29-18-21;/h6-7,16,21H,4-5,8-15,17-18H2,1-3H3,(H2,24,25,26);1H. The van der Waals surface area contributed by atoms with Crippen LogP contribution in [0.15, 0.2) is 23.2 Å². The number of piperazine rings is 1. The fourth-order valence-electron chi connectivity index (χ4n) is 3.86. The second-order valence-corrected chi connectivity index (χ2v) is 8.11. The van der Waals surface area contributed by atoms with Crippen LogP contribution >= 0.6 is 24.0 Å². The second-order valence-electron chi connectivity index (χ2n) is 8.11. The molecule has 176 valence electrons. The van der Waals surface area contributed by atoms with E-state index in [1.54, 1.807) is 0 Å². The van der Waals surface area contributed by atoms with E-state index in [4.69, 9.17) is 14.5 Å². The Balaban J connectivity index is 0.00000341. The Hall–Kier alpha value is -1.10. The molecule has 8 heteroatoms. The van der Waals surface area contributed by atoms with Crippen molar-refractivity contribution in [2.75, 3.05) is 65.6 Å². The highest BCUT2D eigenvalue weighted by atomic mass is 127. The summed E-state index contributed by atoms with van der Waals surface area (Å²) >= 11 is 0. The highest BCUT2D eigenvalue weighted by molar-refractivity contribution is 14.0. The van der Waals surface area contributed by atoms with Crippen LogP contribution in [0.2, 0.25) is 0 Å². The van der Waals surface area contributed by atoms with Gasteiger partial charge in [-0.2, -0.15) is 0 Å². The summed E-state index contributed by atoms with van der Waals surface area (Å²) in [5, 5.41) is 6.85. The average molecular weight is 546 g/mol. The zero-order valence-electron chi connectivity index (χ0n) is 19.4. The van der Waals surface area contributed by atoms with Crippen LogP contribution in [0.1, 0.15) is 31.4 Å². The van der Waals surface area contributed by atoms with Crippen molar-refractivity contribution in [3.05, 3.63) is 29.3 Å². The maximum Gasteiger partial charge on any atom is 0.191 e. The number of hydrogen-bond acceptors (Lipinski definition) is 5. The first kappa shape index (κ1) is 26.2. The molecule has 0 aliphatic carbocycles. The van der Waals surface area contributed by atoms with Crippen LogP contribution in [0.5, 0.6) is 5.75 Å². The van der Waals surface area contributed by atoms with Crippen LogP contribution in [-0.4, -0.2) is 87.4 Å². The quantitative estimate of drug-likeness (QED) is 0.283. The topological polar surface area (TPSA) is 61.4 Å². The highest BCUT2D eigenvalue weighted by Crippen LogP contribution is 2.24. The lowest BCUT2D eigenvalue weighted by atomic mass is 10.1. The summed E-state index contributed by atoms with van der Waals surface area (Å²) < 4.78 is 11.7. The number of nitrogens with one attached hydrogen (secondary N) is 2. The van der Waals surface area contributed by atoms with Gasteiger partial charge in [-0.1, -0.05) is 19.1 Å². The van der Waals surface area contributed by atoms with E-state index >= 15 is 0 Å². The van der Waals surface area contributed by atoms with Crippen molar-refractivity contribution in [2.24, 2.45) is 4.99 Å². The van der Waals surface area contributed by atoms with Crippen molar-refractivity contribution < 1.29 is 9.47 Å². The molecule has 2 aliphatic rings. The average Bonchev–Trinajstić information content (AvgIpc) is 3.26. The maximum atomic E-state index is 6.21. The van der Waals surface area contributed by atoms with Crippen LogP contribution in [0.3, 0.4) is 0 Å². The number of guanidine groups is 1. The predicted octanol–water partition coefficient (Wildman–Crippen LogP) is 2.47. The minimum absolute atomic E-state index is 0. The Morgan fingerprint density at radius 3 is 2.61 bits per heavy atom. The second kappa shape index (κ2) is 14.1. The summed E-state index contributed by atoms with van der Waals surface area (Å²) in [5.41, 5.74) is 2.31. The largest absolute Gasteiger partial charge is 0.488 e. The minimum Gasteiger partial charge on any atom is -0.488 e. The van der Waals surface area contributed by atoms with Gasteiger partial charge in [0.25, 0.3) is 0 Å². The lowest BCUT2D eigenvalue weighted by molar-refractivity contribution is 0.139. The molecular formula is C23H40IN5O2. The first-order chi connectivity index (χ1) is 14.7. The van der Waals surface area contributed by atoms with E-state index in [2.05, 4.69) is 59.4 Å². The van der Waals surface area contributed by atoms with E-state index < -0.39 is 0 Å². The zero-order valence-corrected chi connectivity index (χ0v) is 21.7. The summed E-state index contributed by atoms with van der Waals surface area (Å²) in [6.45, 7) is 17.1. The Kier molecular flexibility index (Phi) is 11.9. The summed E-state index contributed by atoms with van der Waals surface area (Å²) in [6, 6.07) is 6.36. The van der Waals surface area contributed by atoms with Crippen molar-refractivity contribution in [2.45, 2.75) is 39.8 Å². The molecule has 1 atom stereocenters. The normalized spacial score (nSPS) is 20.4. The fourth-order valence-corrected chi connectivity index (χ4v) is 3.86. The predicted molar refractivity (Wildman–Crippen MR) is 138 cm³/mol. The zero-order chi connectivity index (χ0) is 21.2. The molecule has 1 unspecified atom stereocenters. The summed E-state index contributed by atoms with van der Waals surface area (Å²) in [5.74, 6) is 1.79. The van der Waals surface area contributed by atoms with Gasteiger partial charge in [0.05, 0.1) is 19.8 Å². The van der Waals surface area contributed by atoms with Gasteiger partial charge in [0.1, 0.15) is 11.9 Å². The number of aryl methyl sites for hydroxylation is 1. The number of halogens is 1. The van der Waals surface area contributed by atoms with E-state index in [0.29, 0.717) is 13.2 Å². The van der Waals surface area contributed by atoms with Crippen LogP contribution in [0.25, 0.3) is 0 Å². The Morgan fingerprint density at radius 1 is 1.16 bits per heavy atom. The molecule has 0 bridgehead atoms. The molecule has 0 spiro atoms. The smallest absolute Gasteiger partial charge is 0.191 e. The number of hydrogen-bond donors (Lipinski definition) is 2. The van der Waals surface area contributed by atoms with Crippen LogP contribution in [0.4, 0.5) is 0 Å². The van der Waals surface area contributed by atoms with Gasteiger partial charge in [0, 0.05) is 57.8 Å². The molecule has 1 aromatic rings. The minimum atomic E-state index is 0. The monoisotopic (exact) mass is 545 g/mol. The fraction of sp³-hybridized carbons (Fsp3) is 0.696. The summed E-state index contributed by atoms with van der Waals surface area (Å²) in [4.78, 5) is 9.85. The summed E-state index contributed by atoms with van der Waals surface area (Å²) in [6.07, 6.45) is 1.10. The lowest BCUT2D eigenvalue weighted by Gasteiger charge is -2.34. The van der Waals surface area contributed by atoms with Gasteiger partial charge in [-0.25, -0.2) is 4.99 Å². The van der Waals surface area contributed by atoms with Crippen molar-refractivity contribution >= 4 is 29.9 Å². The Bertz CT molecular complexity index is 674. The van der Waals surface area contributed by atoms with Gasteiger partial charge in [-0.15, -0.1) is 24.0 Å². The first-order valence-electron chi connectivity index (χ1n) is 11.5. The molecule has 31 heavy (non-hydrogen) atoms. The molecule has 3 rings (SSSR count). The van der Waals surface area contributed by atoms with Crippen LogP contribution in [0, 0.1) is 6.92 Å².